The summed E-state index contributed by atoms with van der Waals surface area (Å²) in [6, 6.07) is 4.65. The Labute approximate surface area is 88.1 Å². The zero-order chi connectivity index (χ0) is 10.1. The molecule has 0 N–H and O–H groups in total. The molecule has 1 aromatic heterocycles. The number of halogens is 2. The number of hydrogen-bond donors (Lipinski definition) is 0. The Morgan fingerprint density at radius 1 is 1.43 bits per heavy atom. The van der Waals surface area contributed by atoms with Crippen molar-refractivity contribution in [2.24, 2.45) is 0 Å². The molecule has 0 radical (unpaired) electrons. The summed E-state index contributed by atoms with van der Waals surface area (Å²) in [6.45, 7) is 1.71. The molecule has 0 bridgehead atoms. The van der Waals surface area contributed by atoms with E-state index in [0.717, 1.165) is 0 Å². The van der Waals surface area contributed by atoms with Crippen LogP contribution in [0.3, 0.4) is 0 Å². The lowest BCUT2D eigenvalue weighted by Gasteiger charge is -1.96. The molecule has 1 heterocycles. The van der Waals surface area contributed by atoms with Crippen LogP contribution in [0.25, 0.3) is 11.5 Å². The fraction of sp³-hybridized carbons (Fsp3) is 0.111. The molecule has 0 spiro atoms. The van der Waals surface area contributed by atoms with E-state index in [-0.39, 0.29) is 5.82 Å². The van der Waals surface area contributed by atoms with E-state index < -0.39 is 0 Å². The first-order valence-electron chi connectivity index (χ1n) is 3.92. The van der Waals surface area contributed by atoms with E-state index in [1.807, 2.05) is 0 Å². The van der Waals surface area contributed by atoms with Crippen molar-refractivity contribution in [1.29, 1.82) is 0 Å². The maximum atomic E-state index is 13.1. The third-order valence-corrected chi connectivity index (χ3v) is 2.34. The number of benzene rings is 1. The molecule has 0 amide bonds. The van der Waals surface area contributed by atoms with Crippen LogP contribution in [0.2, 0.25) is 0 Å². The van der Waals surface area contributed by atoms with Gasteiger partial charge in [0.25, 0.3) is 5.89 Å². The van der Waals surface area contributed by atoms with E-state index in [9.17, 15) is 4.39 Å². The fourth-order valence-electron chi connectivity index (χ4n) is 1.04. The van der Waals surface area contributed by atoms with Gasteiger partial charge in [-0.2, -0.15) is 4.98 Å². The molecule has 0 saturated heterocycles. The quantitative estimate of drug-likeness (QED) is 0.788. The van der Waals surface area contributed by atoms with Gasteiger partial charge >= 0.3 is 0 Å². The summed E-state index contributed by atoms with van der Waals surface area (Å²) in [5, 5.41) is 3.62. The number of hydrogen-bond acceptors (Lipinski definition) is 3. The molecule has 2 aromatic rings. The van der Waals surface area contributed by atoms with Crippen molar-refractivity contribution in [1.82, 2.24) is 10.1 Å². The number of rotatable bonds is 1. The van der Waals surface area contributed by atoms with Gasteiger partial charge in [0, 0.05) is 5.56 Å². The Hall–Kier alpha value is -1.23. The zero-order valence-corrected chi connectivity index (χ0v) is 8.88. The summed E-state index contributed by atoms with van der Waals surface area (Å²) in [6.07, 6.45) is 0. The summed E-state index contributed by atoms with van der Waals surface area (Å²) in [7, 11) is 0. The van der Waals surface area contributed by atoms with Gasteiger partial charge in [0.05, 0.1) is 4.47 Å². The highest BCUT2D eigenvalue weighted by Gasteiger charge is 2.08. The largest absolute Gasteiger partial charge is 0.334 e. The average molecular weight is 257 g/mol. The van der Waals surface area contributed by atoms with Gasteiger partial charge in [-0.3, -0.25) is 0 Å². The normalized spacial score (nSPS) is 10.5. The van der Waals surface area contributed by atoms with Crippen molar-refractivity contribution < 1.29 is 8.91 Å². The minimum absolute atomic E-state index is 0.328. The molecule has 0 unspecified atom stereocenters. The molecule has 0 fully saturated rings. The number of aromatic nitrogens is 2. The van der Waals surface area contributed by atoms with Crippen molar-refractivity contribution in [2.75, 3.05) is 0 Å². The van der Waals surface area contributed by atoms with Gasteiger partial charge < -0.3 is 4.52 Å². The minimum atomic E-state index is -0.349. The molecule has 14 heavy (non-hydrogen) atoms. The lowest BCUT2D eigenvalue weighted by molar-refractivity contribution is 0.425. The molecule has 0 saturated carbocycles. The van der Waals surface area contributed by atoms with E-state index in [1.54, 1.807) is 19.1 Å². The molecular weight excluding hydrogens is 251 g/mol. The maximum absolute atomic E-state index is 13.1. The summed E-state index contributed by atoms with van der Waals surface area (Å²) < 4.78 is 18.5. The van der Waals surface area contributed by atoms with E-state index >= 15 is 0 Å². The van der Waals surface area contributed by atoms with Crippen LogP contribution in [0.1, 0.15) is 5.82 Å². The standard InChI is InChI=1S/C9H6BrFN2O/c1-5-12-9(14-13-5)6-2-3-7(10)8(11)4-6/h2-4H,1H3. The summed E-state index contributed by atoms with van der Waals surface area (Å²) >= 11 is 3.07. The predicted molar refractivity (Wildman–Crippen MR) is 52.1 cm³/mol. The SMILES string of the molecule is Cc1noc(-c2ccc(Br)c(F)c2)n1. The highest BCUT2D eigenvalue weighted by Crippen LogP contribution is 2.22. The lowest BCUT2D eigenvalue weighted by Crippen LogP contribution is -1.82. The van der Waals surface area contributed by atoms with Gasteiger partial charge in [-0.15, -0.1) is 0 Å². The fourth-order valence-corrected chi connectivity index (χ4v) is 1.29. The Morgan fingerprint density at radius 3 is 2.79 bits per heavy atom. The smallest absolute Gasteiger partial charge is 0.258 e. The van der Waals surface area contributed by atoms with Gasteiger partial charge in [-0.1, -0.05) is 5.16 Å². The van der Waals surface area contributed by atoms with Crippen molar-refractivity contribution in [3.05, 3.63) is 34.3 Å². The molecule has 2 rings (SSSR count). The third kappa shape index (κ3) is 1.68. The first kappa shape index (κ1) is 9.33. The van der Waals surface area contributed by atoms with E-state index in [1.165, 1.54) is 6.07 Å². The molecule has 0 aliphatic carbocycles. The molecule has 0 aliphatic heterocycles. The highest BCUT2D eigenvalue weighted by atomic mass is 79.9. The zero-order valence-electron chi connectivity index (χ0n) is 7.29. The lowest BCUT2D eigenvalue weighted by atomic mass is 10.2. The molecule has 3 nitrogen and oxygen atoms in total. The second kappa shape index (κ2) is 3.49. The average Bonchev–Trinajstić information content (AvgIpc) is 2.57. The first-order valence-corrected chi connectivity index (χ1v) is 4.72. The maximum Gasteiger partial charge on any atom is 0.258 e. The summed E-state index contributed by atoms with van der Waals surface area (Å²) in [5.74, 6) is 0.510. The van der Waals surface area contributed by atoms with Crippen LogP contribution in [0.15, 0.2) is 27.2 Å². The molecular formula is C9H6BrFN2O. The Balaban J connectivity index is 2.47. The summed E-state index contributed by atoms with van der Waals surface area (Å²) in [4.78, 5) is 3.99. The van der Waals surface area contributed by atoms with Crippen LogP contribution in [0.5, 0.6) is 0 Å². The van der Waals surface area contributed by atoms with Gasteiger partial charge in [-0.25, -0.2) is 4.39 Å². The van der Waals surface area contributed by atoms with Crippen LogP contribution in [-0.2, 0) is 0 Å². The minimum Gasteiger partial charge on any atom is -0.334 e. The topological polar surface area (TPSA) is 38.9 Å². The second-order valence-corrected chi connectivity index (χ2v) is 3.63. The Kier molecular flexibility index (Phi) is 2.33. The molecule has 5 heteroatoms. The number of aryl methyl sites for hydroxylation is 1. The van der Waals surface area contributed by atoms with E-state index in [2.05, 4.69) is 26.1 Å². The third-order valence-electron chi connectivity index (χ3n) is 1.69. The van der Waals surface area contributed by atoms with E-state index in [0.29, 0.717) is 21.8 Å². The monoisotopic (exact) mass is 256 g/mol. The summed E-state index contributed by atoms with van der Waals surface area (Å²) in [5.41, 5.74) is 0.575. The van der Waals surface area contributed by atoms with Crippen LogP contribution in [0.4, 0.5) is 4.39 Å². The molecule has 72 valence electrons. The Morgan fingerprint density at radius 2 is 2.21 bits per heavy atom. The molecule has 1 aromatic carbocycles. The van der Waals surface area contributed by atoms with E-state index in [4.69, 9.17) is 4.52 Å². The highest BCUT2D eigenvalue weighted by molar-refractivity contribution is 9.10. The van der Waals surface area contributed by atoms with Gasteiger partial charge in [0.1, 0.15) is 5.82 Å². The van der Waals surface area contributed by atoms with Gasteiger partial charge in [0.15, 0.2) is 5.82 Å². The van der Waals surface area contributed by atoms with Crippen molar-refractivity contribution in [3.8, 4) is 11.5 Å². The predicted octanol–water partition coefficient (Wildman–Crippen LogP) is 2.95. The van der Waals surface area contributed by atoms with Crippen LogP contribution in [0, 0.1) is 12.7 Å². The van der Waals surface area contributed by atoms with Crippen molar-refractivity contribution in [3.63, 3.8) is 0 Å². The first-order chi connectivity index (χ1) is 6.66. The van der Waals surface area contributed by atoms with Gasteiger partial charge in [-0.05, 0) is 41.1 Å². The number of nitrogens with zero attached hydrogens (tertiary/aromatic N) is 2. The van der Waals surface area contributed by atoms with Crippen LogP contribution >= 0.6 is 15.9 Å². The van der Waals surface area contributed by atoms with Crippen molar-refractivity contribution in [2.45, 2.75) is 6.92 Å². The molecule has 0 aliphatic rings. The Bertz CT molecular complexity index is 470. The van der Waals surface area contributed by atoms with Crippen LogP contribution < -0.4 is 0 Å². The van der Waals surface area contributed by atoms with Gasteiger partial charge in [0.2, 0.25) is 0 Å². The second-order valence-electron chi connectivity index (χ2n) is 2.78. The molecule has 0 atom stereocenters. The van der Waals surface area contributed by atoms with Crippen molar-refractivity contribution >= 4 is 15.9 Å². The van der Waals surface area contributed by atoms with Crippen LogP contribution in [-0.4, -0.2) is 10.1 Å².